The standard InChI is InChI=1S/C13H18ClNO3/c1-6-7(2)13(18)11(8(3)12(6)14)9(15)4-5-10(16)17/h9,18H,4-5,15H2,1-3H3,(H,16,17). The number of carboxylic acid groups (broad SMARTS) is 1. The number of hydrogen-bond donors (Lipinski definition) is 3. The summed E-state index contributed by atoms with van der Waals surface area (Å²) < 4.78 is 0. The largest absolute Gasteiger partial charge is 0.507 e. The van der Waals surface area contributed by atoms with E-state index < -0.39 is 12.0 Å². The highest BCUT2D eigenvalue weighted by atomic mass is 35.5. The van der Waals surface area contributed by atoms with Gasteiger partial charge in [0.15, 0.2) is 0 Å². The van der Waals surface area contributed by atoms with Gasteiger partial charge >= 0.3 is 5.97 Å². The molecule has 0 saturated heterocycles. The number of carboxylic acids is 1. The van der Waals surface area contributed by atoms with Gasteiger partial charge in [-0.1, -0.05) is 11.6 Å². The van der Waals surface area contributed by atoms with Crippen LogP contribution >= 0.6 is 11.6 Å². The van der Waals surface area contributed by atoms with Crippen LogP contribution in [-0.4, -0.2) is 16.2 Å². The van der Waals surface area contributed by atoms with Gasteiger partial charge in [0.1, 0.15) is 5.75 Å². The average Bonchev–Trinajstić information content (AvgIpc) is 2.31. The van der Waals surface area contributed by atoms with E-state index in [1.165, 1.54) is 0 Å². The fourth-order valence-electron chi connectivity index (χ4n) is 2.00. The van der Waals surface area contributed by atoms with E-state index in [1.807, 2.05) is 6.92 Å². The molecule has 4 N–H and O–H groups in total. The van der Waals surface area contributed by atoms with Crippen LogP contribution in [0.25, 0.3) is 0 Å². The number of aromatic hydroxyl groups is 1. The van der Waals surface area contributed by atoms with Crippen LogP contribution in [0, 0.1) is 20.8 Å². The van der Waals surface area contributed by atoms with Gasteiger partial charge in [-0.3, -0.25) is 4.79 Å². The fourth-order valence-corrected chi connectivity index (χ4v) is 2.24. The summed E-state index contributed by atoms with van der Waals surface area (Å²) in [6.45, 7) is 5.38. The Labute approximate surface area is 111 Å². The lowest BCUT2D eigenvalue weighted by Gasteiger charge is -2.20. The Morgan fingerprint density at radius 3 is 2.33 bits per heavy atom. The molecule has 18 heavy (non-hydrogen) atoms. The highest BCUT2D eigenvalue weighted by Crippen LogP contribution is 2.38. The predicted molar refractivity (Wildman–Crippen MR) is 71.1 cm³/mol. The van der Waals surface area contributed by atoms with Gasteiger partial charge in [-0.2, -0.15) is 0 Å². The molecule has 0 amide bonds. The van der Waals surface area contributed by atoms with Crippen LogP contribution in [-0.2, 0) is 4.79 Å². The summed E-state index contributed by atoms with van der Waals surface area (Å²) in [5, 5.41) is 19.4. The van der Waals surface area contributed by atoms with Crippen LogP contribution in [0.2, 0.25) is 5.02 Å². The van der Waals surface area contributed by atoms with Crippen molar-refractivity contribution in [3.63, 3.8) is 0 Å². The first-order valence-electron chi connectivity index (χ1n) is 5.72. The molecular weight excluding hydrogens is 254 g/mol. The SMILES string of the molecule is Cc1c(C)c(Cl)c(C)c(C(N)CCC(=O)O)c1O. The van der Waals surface area contributed by atoms with Gasteiger partial charge in [0.2, 0.25) is 0 Å². The Morgan fingerprint density at radius 2 is 1.83 bits per heavy atom. The second-order valence-corrected chi connectivity index (χ2v) is 4.87. The molecule has 0 aliphatic carbocycles. The highest BCUT2D eigenvalue weighted by Gasteiger charge is 2.21. The van der Waals surface area contributed by atoms with E-state index in [9.17, 15) is 9.90 Å². The number of rotatable bonds is 4. The molecule has 0 bridgehead atoms. The van der Waals surface area contributed by atoms with Crippen molar-refractivity contribution in [1.82, 2.24) is 0 Å². The van der Waals surface area contributed by atoms with Crippen molar-refractivity contribution in [3.05, 3.63) is 27.3 Å². The summed E-state index contributed by atoms with van der Waals surface area (Å²) in [4.78, 5) is 10.5. The molecule has 100 valence electrons. The molecule has 1 rings (SSSR count). The number of carbonyl (C=O) groups is 1. The third kappa shape index (κ3) is 2.76. The maximum absolute atomic E-state index is 10.5. The second-order valence-electron chi connectivity index (χ2n) is 4.49. The number of phenolic OH excluding ortho intramolecular Hbond substituents is 1. The van der Waals surface area contributed by atoms with Gasteiger partial charge in [-0.05, 0) is 43.9 Å². The summed E-state index contributed by atoms with van der Waals surface area (Å²) in [6, 6.07) is -0.530. The quantitative estimate of drug-likeness (QED) is 0.786. The van der Waals surface area contributed by atoms with Gasteiger partial charge in [0, 0.05) is 23.0 Å². The van der Waals surface area contributed by atoms with E-state index in [1.54, 1.807) is 13.8 Å². The van der Waals surface area contributed by atoms with Gasteiger partial charge < -0.3 is 15.9 Å². The average molecular weight is 272 g/mol. The van der Waals surface area contributed by atoms with Gasteiger partial charge in [-0.15, -0.1) is 0 Å². The maximum Gasteiger partial charge on any atom is 0.303 e. The first kappa shape index (κ1) is 14.8. The zero-order chi connectivity index (χ0) is 14.0. The molecule has 1 aromatic carbocycles. The Kier molecular flexibility index (Phi) is 4.59. The van der Waals surface area contributed by atoms with Crippen molar-refractivity contribution in [2.75, 3.05) is 0 Å². The molecule has 0 radical (unpaired) electrons. The lowest BCUT2D eigenvalue weighted by molar-refractivity contribution is -0.137. The summed E-state index contributed by atoms with van der Waals surface area (Å²) in [5.41, 5.74) is 8.72. The molecule has 4 nitrogen and oxygen atoms in total. The first-order chi connectivity index (χ1) is 8.27. The number of phenols is 1. The molecule has 0 heterocycles. The molecule has 0 aromatic heterocycles. The second kappa shape index (κ2) is 5.59. The minimum atomic E-state index is -0.905. The molecule has 1 unspecified atom stereocenters. The Balaban J connectivity index is 3.20. The number of aliphatic carboxylic acids is 1. The maximum atomic E-state index is 10.5. The number of hydrogen-bond acceptors (Lipinski definition) is 3. The van der Waals surface area contributed by atoms with E-state index in [0.29, 0.717) is 16.1 Å². The zero-order valence-electron chi connectivity index (χ0n) is 10.7. The Morgan fingerprint density at radius 1 is 1.28 bits per heavy atom. The van der Waals surface area contributed by atoms with Crippen LogP contribution in [0.15, 0.2) is 0 Å². The van der Waals surface area contributed by atoms with E-state index in [0.717, 1.165) is 11.1 Å². The molecule has 1 aromatic rings. The fraction of sp³-hybridized carbons (Fsp3) is 0.462. The monoisotopic (exact) mass is 271 g/mol. The van der Waals surface area contributed by atoms with Crippen molar-refractivity contribution >= 4 is 17.6 Å². The lowest BCUT2D eigenvalue weighted by Crippen LogP contribution is -2.15. The first-order valence-corrected chi connectivity index (χ1v) is 6.10. The topological polar surface area (TPSA) is 83.6 Å². The highest BCUT2D eigenvalue weighted by molar-refractivity contribution is 6.32. The third-order valence-electron chi connectivity index (χ3n) is 3.28. The predicted octanol–water partition coefficient (Wildman–Crippen LogP) is 2.84. The van der Waals surface area contributed by atoms with Crippen molar-refractivity contribution < 1.29 is 15.0 Å². The molecule has 1 atom stereocenters. The zero-order valence-corrected chi connectivity index (χ0v) is 11.5. The summed E-state index contributed by atoms with van der Waals surface area (Å²) in [5.74, 6) is -0.787. The van der Waals surface area contributed by atoms with E-state index in [4.69, 9.17) is 22.4 Å². The summed E-state index contributed by atoms with van der Waals surface area (Å²) >= 11 is 6.18. The molecule has 0 spiro atoms. The molecular formula is C13H18ClNO3. The molecule has 0 fully saturated rings. The lowest BCUT2D eigenvalue weighted by atomic mass is 9.92. The van der Waals surface area contributed by atoms with Crippen molar-refractivity contribution in [2.45, 2.75) is 39.7 Å². The van der Waals surface area contributed by atoms with Crippen LogP contribution in [0.5, 0.6) is 5.75 Å². The number of benzene rings is 1. The molecule has 5 heteroatoms. The van der Waals surface area contributed by atoms with Gasteiger partial charge in [-0.25, -0.2) is 0 Å². The normalized spacial score (nSPS) is 12.5. The minimum Gasteiger partial charge on any atom is -0.507 e. The Bertz CT molecular complexity index is 457. The van der Waals surface area contributed by atoms with Crippen LogP contribution in [0.4, 0.5) is 0 Å². The third-order valence-corrected chi connectivity index (χ3v) is 3.84. The van der Waals surface area contributed by atoms with Crippen molar-refractivity contribution in [3.8, 4) is 5.75 Å². The van der Waals surface area contributed by atoms with E-state index in [-0.39, 0.29) is 18.6 Å². The van der Waals surface area contributed by atoms with Crippen molar-refractivity contribution in [2.24, 2.45) is 5.73 Å². The van der Waals surface area contributed by atoms with Crippen molar-refractivity contribution in [1.29, 1.82) is 0 Å². The minimum absolute atomic E-state index is 0.0371. The van der Waals surface area contributed by atoms with E-state index >= 15 is 0 Å². The number of halogens is 1. The van der Waals surface area contributed by atoms with Crippen LogP contribution in [0.3, 0.4) is 0 Å². The Hall–Kier alpha value is -1.26. The van der Waals surface area contributed by atoms with Gasteiger partial charge in [0.05, 0.1) is 0 Å². The number of nitrogens with two attached hydrogens (primary N) is 1. The van der Waals surface area contributed by atoms with E-state index in [2.05, 4.69) is 0 Å². The molecule has 0 aliphatic heterocycles. The summed E-state index contributed by atoms with van der Waals surface area (Å²) in [7, 11) is 0. The summed E-state index contributed by atoms with van der Waals surface area (Å²) in [6.07, 6.45) is 0.229. The smallest absolute Gasteiger partial charge is 0.303 e. The van der Waals surface area contributed by atoms with Gasteiger partial charge in [0.25, 0.3) is 0 Å². The molecule has 0 aliphatic rings. The van der Waals surface area contributed by atoms with Crippen LogP contribution < -0.4 is 5.73 Å². The molecule has 0 saturated carbocycles. The van der Waals surface area contributed by atoms with Crippen LogP contribution in [0.1, 0.15) is 41.1 Å².